The Balaban J connectivity index is 1.80. The van der Waals surface area contributed by atoms with Crippen molar-refractivity contribution >= 4 is 5.97 Å². The van der Waals surface area contributed by atoms with Crippen molar-refractivity contribution in [1.29, 1.82) is 0 Å². The monoisotopic (exact) mass is 222 g/mol. The van der Waals surface area contributed by atoms with Crippen LogP contribution < -0.4 is 0 Å². The Morgan fingerprint density at radius 3 is 3.12 bits per heavy atom. The first-order valence-corrected chi connectivity index (χ1v) is 5.56. The first-order valence-electron chi connectivity index (χ1n) is 5.56. The van der Waals surface area contributed by atoms with Gasteiger partial charge >= 0.3 is 5.97 Å². The van der Waals surface area contributed by atoms with E-state index in [1.54, 1.807) is 0 Å². The molecule has 3 heterocycles. The van der Waals surface area contributed by atoms with E-state index in [1.807, 2.05) is 0 Å². The van der Waals surface area contributed by atoms with Gasteiger partial charge in [0.1, 0.15) is 11.5 Å². The van der Waals surface area contributed by atoms with E-state index in [1.165, 1.54) is 13.3 Å². The van der Waals surface area contributed by atoms with Crippen LogP contribution in [0.15, 0.2) is 6.20 Å². The van der Waals surface area contributed by atoms with E-state index >= 15 is 0 Å². The molecule has 2 bridgehead atoms. The van der Waals surface area contributed by atoms with E-state index in [2.05, 4.69) is 14.7 Å². The number of imidazole rings is 1. The summed E-state index contributed by atoms with van der Waals surface area (Å²) in [5.41, 5.74) is 0.417. The van der Waals surface area contributed by atoms with Crippen molar-refractivity contribution in [3.63, 3.8) is 0 Å². The van der Waals surface area contributed by atoms with Crippen molar-refractivity contribution in [2.45, 2.75) is 37.4 Å². The average molecular weight is 222 g/mol. The molecule has 1 aromatic heterocycles. The molecule has 3 rings (SSSR count). The Labute approximate surface area is 93.2 Å². The normalized spacial score (nSPS) is 31.9. The van der Waals surface area contributed by atoms with Crippen molar-refractivity contribution < 1.29 is 14.3 Å². The Morgan fingerprint density at radius 2 is 2.50 bits per heavy atom. The van der Waals surface area contributed by atoms with Gasteiger partial charge in [-0.2, -0.15) is 0 Å². The molecule has 2 fully saturated rings. The Bertz CT molecular complexity index is 415. The van der Waals surface area contributed by atoms with Crippen LogP contribution in [0.25, 0.3) is 0 Å². The minimum atomic E-state index is -0.372. The van der Waals surface area contributed by atoms with Crippen LogP contribution in [0.4, 0.5) is 0 Å². The van der Waals surface area contributed by atoms with Crippen LogP contribution in [0.3, 0.4) is 0 Å². The van der Waals surface area contributed by atoms with E-state index in [0.717, 1.165) is 25.1 Å². The fourth-order valence-corrected chi connectivity index (χ4v) is 2.66. The van der Waals surface area contributed by atoms with Crippen LogP contribution in [0.1, 0.15) is 41.5 Å². The summed E-state index contributed by atoms with van der Waals surface area (Å²) in [6, 6.07) is 0. The number of esters is 1. The molecular weight excluding hydrogens is 208 g/mol. The topological polar surface area (TPSA) is 64.2 Å². The molecule has 5 nitrogen and oxygen atoms in total. The average Bonchev–Trinajstić information content (AvgIpc) is 3.02. The number of H-pyrrole nitrogens is 1. The van der Waals surface area contributed by atoms with Gasteiger partial charge in [-0.3, -0.25) is 0 Å². The molecule has 0 amide bonds. The number of methoxy groups -OCH3 is 1. The molecule has 16 heavy (non-hydrogen) atoms. The van der Waals surface area contributed by atoms with Gasteiger partial charge in [-0.25, -0.2) is 9.78 Å². The Kier molecular flexibility index (Phi) is 2.21. The summed E-state index contributed by atoms with van der Waals surface area (Å²) in [5.74, 6) is 0.799. The second-order valence-electron chi connectivity index (χ2n) is 4.39. The molecule has 2 aliphatic rings. The summed E-state index contributed by atoms with van der Waals surface area (Å²) < 4.78 is 10.4. The fraction of sp³-hybridized carbons (Fsp3) is 0.636. The van der Waals surface area contributed by atoms with Crippen LogP contribution in [0, 0.1) is 0 Å². The van der Waals surface area contributed by atoms with Crippen molar-refractivity contribution in [3.8, 4) is 0 Å². The number of carbonyl (C=O) groups excluding carboxylic acids is 1. The summed E-state index contributed by atoms with van der Waals surface area (Å²) in [7, 11) is 1.36. The number of nitrogens with zero attached hydrogens (tertiary/aromatic N) is 1. The molecule has 3 unspecified atom stereocenters. The quantitative estimate of drug-likeness (QED) is 0.764. The van der Waals surface area contributed by atoms with Gasteiger partial charge in [-0.1, -0.05) is 0 Å². The molecule has 0 aliphatic carbocycles. The predicted molar refractivity (Wildman–Crippen MR) is 55.2 cm³/mol. The smallest absolute Gasteiger partial charge is 0.356 e. The molecule has 3 atom stereocenters. The maximum absolute atomic E-state index is 11.3. The Hall–Kier alpha value is -1.36. The van der Waals surface area contributed by atoms with Crippen LogP contribution in [0.5, 0.6) is 0 Å². The van der Waals surface area contributed by atoms with Gasteiger partial charge in [0, 0.05) is 5.92 Å². The zero-order chi connectivity index (χ0) is 11.1. The van der Waals surface area contributed by atoms with E-state index in [9.17, 15) is 4.79 Å². The van der Waals surface area contributed by atoms with E-state index in [4.69, 9.17) is 4.74 Å². The molecule has 0 radical (unpaired) electrons. The zero-order valence-electron chi connectivity index (χ0n) is 9.10. The summed E-state index contributed by atoms with van der Waals surface area (Å²) in [5, 5.41) is 0. The van der Waals surface area contributed by atoms with Gasteiger partial charge in [-0.05, 0) is 19.3 Å². The molecule has 86 valence electrons. The van der Waals surface area contributed by atoms with Crippen LogP contribution in [-0.2, 0) is 9.47 Å². The molecule has 2 aliphatic heterocycles. The number of nitrogens with one attached hydrogen (secondary N) is 1. The van der Waals surface area contributed by atoms with Crippen molar-refractivity contribution in [2.75, 3.05) is 7.11 Å². The van der Waals surface area contributed by atoms with Gasteiger partial charge in [0.15, 0.2) is 0 Å². The lowest BCUT2D eigenvalue weighted by molar-refractivity contribution is 0.0594. The standard InChI is InChI=1S/C11H14N2O3/c1-15-11(14)8-5-12-10(13-8)7-4-6-2-3-9(7)16-6/h5-7,9H,2-4H2,1H3,(H,12,13). The van der Waals surface area contributed by atoms with Gasteiger partial charge in [0.2, 0.25) is 0 Å². The first kappa shape index (κ1) is 9.84. The number of aromatic nitrogens is 2. The highest BCUT2D eigenvalue weighted by Crippen LogP contribution is 2.43. The molecular formula is C11H14N2O3. The number of rotatable bonds is 2. The molecule has 1 N–H and O–H groups in total. The molecule has 0 saturated carbocycles. The second kappa shape index (κ2) is 3.59. The van der Waals surface area contributed by atoms with E-state index < -0.39 is 0 Å². The SMILES string of the molecule is COC(=O)c1cnc(C2CC3CCC2O3)[nH]1. The lowest BCUT2D eigenvalue weighted by atomic mass is 9.89. The van der Waals surface area contributed by atoms with Gasteiger partial charge < -0.3 is 14.5 Å². The van der Waals surface area contributed by atoms with Crippen molar-refractivity contribution in [2.24, 2.45) is 0 Å². The summed E-state index contributed by atoms with van der Waals surface area (Å²) in [4.78, 5) is 18.6. The summed E-state index contributed by atoms with van der Waals surface area (Å²) in [6.45, 7) is 0. The number of aromatic amines is 1. The maximum Gasteiger partial charge on any atom is 0.356 e. The number of hydrogen-bond acceptors (Lipinski definition) is 4. The highest BCUT2D eigenvalue weighted by atomic mass is 16.5. The summed E-state index contributed by atoms with van der Waals surface area (Å²) in [6.07, 6.45) is 5.48. The van der Waals surface area contributed by atoms with E-state index in [0.29, 0.717) is 17.7 Å². The van der Waals surface area contributed by atoms with Gasteiger partial charge in [-0.15, -0.1) is 0 Å². The number of ether oxygens (including phenoxy) is 2. The van der Waals surface area contributed by atoms with Gasteiger partial charge in [0.05, 0.1) is 25.5 Å². The van der Waals surface area contributed by atoms with E-state index in [-0.39, 0.29) is 12.1 Å². The minimum Gasteiger partial charge on any atom is -0.464 e. The van der Waals surface area contributed by atoms with Crippen molar-refractivity contribution in [3.05, 3.63) is 17.7 Å². The maximum atomic E-state index is 11.3. The fourth-order valence-electron chi connectivity index (χ4n) is 2.66. The third kappa shape index (κ3) is 1.43. The van der Waals surface area contributed by atoms with Gasteiger partial charge in [0.25, 0.3) is 0 Å². The minimum absolute atomic E-state index is 0.279. The molecule has 2 saturated heterocycles. The highest BCUT2D eigenvalue weighted by Gasteiger charge is 2.42. The zero-order valence-corrected chi connectivity index (χ0v) is 9.10. The second-order valence-corrected chi connectivity index (χ2v) is 4.39. The number of carbonyl (C=O) groups is 1. The van der Waals surface area contributed by atoms with Crippen LogP contribution >= 0.6 is 0 Å². The lowest BCUT2D eigenvalue weighted by Gasteiger charge is -2.15. The highest BCUT2D eigenvalue weighted by molar-refractivity contribution is 5.86. The number of fused-ring (bicyclic) bond motifs is 2. The number of hydrogen-bond donors (Lipinski definition) is 1. The largest absolute Gasteiger partial charge is 0.464 e. The molecule has 5 heteroatoms. The third-order valence-electron chi connectivity index (χ3n) is 3.46. The third-order valence-corrected chi connectivity index (χ3v) is 3.46. The Morgan fingerprint density at radius 1 is 1.62 bits per heavy atom. The molecule has 1 aromatic rings. The first-order chi connectivity index (χ1) is 7.78. The summed E-state index contributed by atoms with van der Waals surface area (Å²) >= 11 is 0. The van der Waals surface area contributed by atoms with Crippen molar-refractivity contribution in [1.82, 2.24) is 9.97 Å². The molecule has 0 aromatic carbocycles. The lowest BCUT2D eigenvalue weighted by Crippen LogP contribution is -2.15. The van der Waals surface area contributed by atoms with Crippen LogP contribution in [0.2, 0.25) is 0 Å². The van der Waals surface area contributed by atoms with Crippen LogP contribution in [-0.4, -0.2) is 35.3 Å². The predicted octanol–water partition coefficient (Wildman–Crippen LogP) is 1.23. The molecule has 0 spiro atoms.